The Hall–Kier alpha value is -1.79. The number of fused-ring (bicyclic) bond motifs is 1. The Kier molecular flexibility index (Phi) is 5.05. The van der Waals surface area contributed by atoms with Crippen molar-refractivity contribution in [1.29, 1.82) is 0 Å². The van der Waals surface area contributed by atoms with Crippen LogP contribution in [0.1, 0.15) is 35.2 Å². The van der Waals surface area contributed by atoms with Crippen molar-refractivity contribution in [2.24, 2.45) is 0 Å². The molecule has 0 radical (unpaired) electrons. The number of amides is 2. The average Bonchev–Trinajstić information content (AvgIpc) is 3.39. The number of benzene rings is 1. The van der Waals surface area contributed by atoms with Crippen LogP contribution in [0.25, 0.3) is 5.70 Å². The fourth-order valence-corrected chi connectivity index (χ4v) is 5.18. The molecular formula is C20H24N2O3S. The maximum atomic E-state index is 13.1. The molecule has 4 rings (SSSR count). The predicted molar refractivity (Wildman–Crippen MR) is 103 cm³/mol. The number of carbonyl (C=O) groups is 2. The summed E-state index contributed by atoms with van der Waals surface area (Å²) in [5, 5.41) is 0. The normalized spacial score (nSPS) is 25.0. The molecule has 0 spiro atoms. The van der Waals surface area contributed by atoms with E-state index < -0.39 is 0 Å². The first kappa shape index (κ1) is 17.6. The Morgan fingerprint density at radius 3 is 2.77 bits per heavy atom. The maximum Gasteiger partial charge on any atom is 0.259 e. The molecule has 3 aliphatic heterocycles. The van der Waals surface area contributed by atoms with Crippen molar-refractivity contribution < 1.29 is 14.3 Å². The molecule has 5 nitrogen and oxygen atoms in total. The van der Waals surface area contributed by atoms with Gasteiger partial charge in [0.25, 0.3) is 5.91 Å². The third-order valence-electron chi connectivity index (χ3n) is 5.42. The Bertz CT molecular complexity index is 689. The summed E-state index contributed by atoms with van der Waals surface area (Å²) in [7, 11) is 0. The quantitative estimate of drug-likeness (QED) is 0.797. The minimum absolute atomic E-state index is 0.00435. The lowest BCUT2D eigenvalue weighted by Gasteiger charge is -2.32. The number of ether oxygens (including phenoxy) is 1. The summed E-state index contributed by atoms with van der Waals surface area (Å²) in [6.45, 7) is 5.51. The highest BCUT2D eigenvalue weighted by molar-refractivity contribution is 7.99. The van der Waals surface area contributed by atoms with E-state index in [2.05, 4.69) is 6.58 Å². The van der Waals surface area contributed by atoms with Gasteiger partial charge in [-0.3, -0.25) is 14.5 Å². The van der Waals surface area contributed by atoms with Gasteiger partial charge in [0.15, 0.2) is 0 Å². The first-order chi connectivity index (χ1) is 12.6. The van der Waals surface area contributed by atoms with E-state index in [9.17, 15) is 9.59 Å². The average molecular weight is 372 g/mol. The Labute approximate surface area is 158 Å². The third-order valence-corrected chi connectivity index (χ3v) is 6.57. The first-order valence-electron chi connectivity index (χ1n) is 9.24. The van der Waals surface area contributed by atoms with E-state index in [0.717, 1.165) is 42.9 Å². The molecule has 3 heterocycles. The molecule has 2 atom stereocenters. The van der Waals surface area contributed by atoms with Crippen molar-refractivity contribution in [3.63, 3.8) is 0 Å². The molecule has 26 heavy (non-hydrogen) atoms. The van der Waals surface area contributed by atoms with Crippen molar-refractivity contribution in [3.8, 4) is 0 Å². The number of nitrogens with zero attached hydrogens (tertiary/aromatic N) is 2. The van der Waals surface area contributed by atoms with Crippen LogP contribution in [-0.2, 0) is 9.53 Å². The smallest absolute Gasteiger partial charge is 0.259 e. The Balaban J connectivity index is 1.49. The molecule has 2 saturated heterocycles. The summed E-state index contributed by atoms with van der Waals surface area (Å²) in [6.07, 6.45) is 3.20. The lowest BCUT2D eigenvalue weighted by atomic mass is 10.1. The second kappa shape index (κ2) is 7.45. The molecule has 2 amide bonds. The lowest BCUT2D eigenvalue weighted by molar-refractivity contribution is -0.134. The summed E-state index contributed by atoms with van der Waals surface area (Å²) >= 11 is 1.89. The lowest BCUT2D eigenvalue weighted by Crippen LogP contribution is -2.48. The van der Waals surface area contributed by atoms with Crippen molar-refractivity contribution in [2.45, 2.75) is 31.4 Å². The number of hydrogen-bond acceptors (Lipinski definition) is 4. The summed E-state index contributed by atoms with van der Waals surface area (Å²) in [5.74, 6) is 1.92. The van der Waals surface area contributed by atoms with E-state index >= 15 is 0 Å². The molecule has 0 N–H and O–H groups in total. The van der Waals surface area contributed by atoms with Crippen LogP contribution in [0.15, 0.2) is 30.8 Å². The molecular weight excluding hydrogens is 348 g/mol. The van der Waals surface area contributed by atoms with Crippen LogP contribution in [-0.4, -0.2) is 65.0 Å². The van der Waals surface area contributed by atoms with Gasteiger partial charge in [-0.25, -0.2) is 0 Å². The Morgan fingerprint density at radius 1 is 1.31 bits per heavy atom. The molecule has 1 aromatic carbocycles. The van der Waals surface area contributed by atoms with Crippen molar-refractivity contribution in [1.82, 2.24) is 9.80 Å². The molecule has 0 aromatic heterocycles. The molecule has 2 fully saturated rings. The number of rotatable bonds is 5. The molecule has 0 aliphatic carbocycles. The van der Waals surface area contributed by atoms with Crippen LogP contribution >= 0.6 is 11.8 Å². The van der Waals surface area contributed by atoms with Gasteiger partial charge in [-0.15, -0.1) is 0 Å². The standard InChI is InChI=1S/C20H24N2O3S/c1-14-17-6-2-3-7-18(17)20(24)21(14)12-19(23)22(15-8-10-26-13-15)11-16-5-4-9-25-16/h2-3,6-7,15-16H,1,4-5,8-13H2. The number of thioether (sulfide) groups is 1. The number of hydrogen-bond donors (Lipinski definition) is 0. The highest BCUT2D eigenvalue weighted by Crippen LogP contribution is 2.31. The zero-order valence-electron chi connectivity index (χ0n) is 14.9. The van der Waals surface area contributed by atoms with Gasteiger partial charge >= 0.3 is 0 Å². The van der Waals surface area contributed by atoms with Gasteiger partial charge < -0.3 is 9.64 Å². The molecule has 2 unspecified atom stereocenters. The molecule has 0 saturated carbocycles. The molecule has 6 heteroatoms. The van der Waals surface area contributed by atoms with E-state index in [-0.39, 0.29) is 30.5 Å². The number of carbonyl (C=O) groups excluding carboxylic acids is 2. The van der Waals surface area contributed by atoms with Gasteiger partial charge in [-0.2, -0.15) is 11.8 Å². The monoisotopic (exact) mass is 372 g/mol. The first-order valence-corrected chi connectivity index (χ1v) is 10.4. The van der Waals surface area contributed by atoms with Crippen molar-refractivity contribution in [2.75, 3.05) is 31.2 Å². The van der Waals surface area contributed by atoms with Crippen LogP contribution < -0.4 is 0 Å². The zero-order valence-corrected chi connectivity index (χ0v) is 15.7. The fraction of sp³-hybridized carbons (Fsp3) is 0.500. The largest absolute Gasteiger partial charge is 0.376 e. The molecule has 138 valence electrons. The predicted octanol–water partition coefficient (Wildman–Crippen LogP) is 2.63. The second-order valence-corrected chi connectivity index (χ2v) is 8.23. The van der Waals surface area contributed by atoms with E-state index in [1.54, 1.807) is 6.07 Å². The van der Waals surface area contributed by atoms with Gasteiger partial charge in [0.2, 0.25) is 5.91 Å². The van der Waals surface area contributed by atoms with Crippen LogP contribution in [0, 0.1) is 0 Å². The van der Waals surface area contributed by atoms with Crippen LogP contribution in [0.2, 0.25) is 0 Å². The molecule has 1 aromatic rings. The van der Waals surface area contributed by atoms with Gasteiger partial charge in [0.05, 0.1) is 6.10 Å². The van der Waals surface area contributed by atoms with E-state index in [1.165, 1.54) is 4.90 Å². The summed E-state index contributed by atoms with van der Waals surface area (Å²) < 4.78 is 5.76. The third kappa shape index (κ3) is 3.28. The summed E-state index contributed by atoms with van der Waals surface area (Å²) in [6, 6.07) is 7.66. The zero-order chi connectivity index (χ0) is 18.1. The van der Waals surface area contributed by atoms with Crippen LogP contribution in [0.4, 0.5) is 0 Å². The van der Waals surface area contributed by atoms with Crippen LogP contribution in [0.3, 0.4) is 0 Å². The minimum Gasteiger partial charge on any atom is -0.376 e. The minimum atomic E-state index is -0.128. The second-order valence-electron chi connectivity index (χ2n) is 7.08. The van der Waals surface area contributed by atoms with Gasteiger partial charge in [0, 0.05) is 41.8 Å². The molecule has 3 aliphatic rings. The highest BCUT2D eigenvalue weighted by atomic mass is 32.2. The SMILES string of the molecule is C=C1c2ccccc2C(=O)N1CC(=O)N(CC1CCCO1)C1CCSC1. The van der Waals surface area contributed by atoms with E-state index in [1.807, 2.05) is 34.9 Å². The summed E-state index contributed by atoms with van der Waals surface area (Å²) in [5.41, 5.74) is 2.08. The van der Waals surface area contributed by atoms with Crippen molar-refractivity contribution >= 4 is 29.3 Å². The fourth-order valence-electron chi connectivity index (χ4n) is 3.96. The van der Waals surface area contributed by atoms with E-state index in [0.29, 0.717) is 17.8 Å². The van der Waals surface area contributed by atoms with Gasteiger partial charge in [-0.05, 0) is 31.1 Å². The summed E-state index contributed by atoms with van der Waals surface area (Å²) in [4.78, 5) is 29.3. The maximum absolute atomic E-state index is 13.1. The van der Waals surface area contributed by atoms with Crippen LogP contribution in [0.5, 0.6) is 0 Å². The molecule has 0 bridgehead atoms. The van der Waals surface area contributed by atoms with Gasteiger partial charge in [0.1, 0.15) is 6.54 Å². The van der Waals surface area contributed by atoms with Crippen molar-refractivity contribution in [3.05, 3.63) is 42.0 Å². The topological polar surface area (TPSA) is 49.9 Å². The Morgan fingerprint density at radius 2 is 2.12 bits per heavy atom. The highest BCUT2D eigenvalue weighted by Gasteiger charge is 2.36. The van der Waals surface area contributed by atoms with Gasteiger partial charge in [-0.1, -0.05) is 24.8 Å². The van der Waals surface area contributed by atoms with E-state index in [4.69, 9.17) is 4.74 Å².